The molecule has 0 aromatic carbocycles. The highest BCUT2D eigenvalue weighted by atomic mass is 15.3. The molecule has 0 atom stereocenters. The van der Waals surface area contributed by atoms with Gasteiger partial charge in [0.25, 0.3) is 0 Å². The zero-order valence-corrected chi connectivity index (χ0v) is 7.25. The van der Waals surface area contributed by atoms with Gasteiger partial charge in [0.15, 0.2) is 12.4 Å². The van der Waals surface area contributed by atoms with E-state index in [0.717, 1.165) is 0 Å². The highest BCUT2D eigenvalue weighted by Gasteiger charge is 1.79. The fourth-order valence-electron chi connectivity index (χ4n) is 0.725. The van der Waals surface area contributed by atoms with Crippen LogP contribution in [0.2, 0.25) is 0 Å². The normalized spacial score (nSPS) is 8.31. The molecule has 66 valence electrons. The number of hydrogen-bond acceptors (Lipinski definition) is 2. The molecule has 2 aromatic rings. The molecule has 0 unspecified atom stereocenters. The molecule has 2 heterocycles. The number of nitrogens with zero attached hydrogens (tertiary/aromatic N) is 2. The summed E-state index contributed by atoms with van der Waals surface area (Å²) in [7, 11) is 0. The standard InChI is InChI=1S/C5H7N2.C5H5N/c6-7-4-2-1-3-5-7;1-2-4-6-5-3-1/h1-5H,6H2;1-5H/q+1;. The number of nitrogens with two attached hydrogens (primary N) is 1. The van der Waals surface area contributed by atoms with Gasteiger partial charge in [-0.15, -0.1) is 0 Å². The zero-order valence-electron chi connectivity index (χ0n) is 7.25. The van der Waals surface area contributed by atoms with Crippen molar-refractivity contribution in [3.8, 4) is 0 Å². The lowest BCUT2D eigenvalue weighted by atomic mass is 10.5. The van der Waals surface area contributed by atoms with Gasteiger partial charge < -0.3 is 0 Å². The van der Waals surface area contributed by atoms with Crippen LogP contribution in [-0.2, 0) is 0 Å². The minimum Gasteiger partial charge on any atom is -0.265 e. The smallest absolute Gasteiger partial charge is 0.199 e. The maximum Gasteiger partial charge on any atom is 0.199 e. The largest absolute Gasteiger partial charge is 0.265 e. The van der Waals surface area contributed by atoms with Gasteiger partial charge in [-0.05, 0) is 12.1 Å². The van der Waals surface area contributed by atoms with Gasteiger partial charge in [-0.25, -0.2) is 5.84 Å². The maximum atomic E-state index is 5.27. The Morgan fingerprint density at radius 1 is 0.769 bits per heavy atom. The average molecular weight is 174 g/mol. The van der Waals surface area contributed by atoms with E-state index in [-0.39, 0.29) is 0 Å². The lowest BCUT2D eigenvalue weighted by Gasteiger charge is -1.76. The van der Waals surface area contributed by atoms with Gasteiger partial charge in [0, 0.05) is 24.5 Å². The predicted molar refractivity (Wildman–Crippen MR) is 51.0 cm³/mol. The molecule has 2 N–H and O–H groups in total. The van der Waals surface area contributed by atoms with E-state index in [2.05, 4.69) is 4.98 Å². The lowest BCUT2D eigenvalue weighted by Crippen LogP contribution is -2.42. The van der Waals surface area contributed by atoms with Crippen LogP contribution in [0.5, 0.6) is 0 Å². The van der Waals surface area contributed by atoms with E-state index in [1.165, 1.54) is 4.68 Å². The van der Waals surface area contributed by atoms with Crippen molar-refractivity contribution in [2.24, 2.45) is 0 Å². The van der Waals surface area contributed by atoms with E-state index in [1.807, 2.05) is 36.4 Å². The van der Waals surface area contributed by atoms with Crippen LogP contribution < -0.4 is 10.5 Å². The van der Waals surface area contributed by atoms with Gasteiger partial charge >= 0.3 is 0 Å². The topological polar surface area (TPSA) is 42.8 Å². The van der Waals surface area contributed by atoms with Crippen molar-refractivity contribution in [3.05, 3.63) is 61.2 Å². The van der Waals surface area contributed by atoms with Crippen LogP contribution in [0.4, 0.5) is 0 Å². The Bertz CT molecular complexity index is 281. The molecule has 0 saturated carbocycles. The third-order valence-corrected chi connectivity index (χ3v) is 1.31. The monoisotopic (exact) mass is 174 g/mol. The van der Waals surface area contributed by atoms with Gasteiger partial charge in [-0.2, -0.15) is 0 Å². The Kier molecular flexibility index (Phi) is 4.04. The summed E-state index contributed by atoms with van der Waals surface area (Å²) in [5.41, 5.74) is 0. The maximum absolute atomic E-state index is 5.27. The van der Waals surface area contributed by atoms with Gasteiger partial charge in [0.2, 0.25) is 0 Å². The second-order valence-corrected chi connectivity index (χ2v) is 2.35. The van der Waals surface area contributed by atoms with E-state index in [0.29, 0.717) is 0 Å². The van der Waals surface area contributed by atoms with Crippen LogP contribution in [0, 0.1) is 0 Å². The molecule has 0 saturated heterocycles. The summed E-state index contributed by atoms with van der Waals surface area (Å²) in [6, 6.07) is 11.4. The second-order valence-electron chi connectivity index (χ2n) is 2.35. The van der Waals surface area contributed by atoms with E-state index >= 15 is 0 Å². The van der Waals surface area contributed by atoms with Crippen LogP contribution in [0.15, 0.2) is 61.2 Å². The second kappa shape index (κ2) is 5.71. The average Bonchev–Trinajstić information content (AvgIpc) is 2.22. The van der Waals surface area contributed by atoms with E-state index in [4.69, 9.17) is 5.84 Å². The van der Waals surface area contributed by atoms with Gasteiger partial charge in [0.05, 0.1) is 0 Å². The molecular weight excluding hydrogens is 162 g/mol. The van der Waals surface area contributed by atoms with Crippen molar-refractivity contribution in [3.63, 3.8) is 0 Å². The molecule has 0 spiro atoms. The molecule has 0 radical (unpaired) electrons. The molecule has 0 fully saturated rings. The molecule has 3 nitrogen and oxygen atoms in total. The molecule has 0 aliphatic heterocycles. The van der Waals surface area contributed by atoms with E-state index < -0.39 is 0 Å². The molecule has 2 aromatic heterocycles. The molecule has 2 rings (SSSR count). The minimum absolute atomic E-state index is 1.50. The molecule has 13 heavy (non-hydrogen) atoms. The summed E-state index contributed by atoms with van der Waals surface area (Å²) in [4.78, 5) is 3.78. The Morgan fingerprint density at radius 2 is 1.31 bits per heavy atom. The Balaban J connectivity index is 0.000000132. The van der Waals surface area contributed by atoms with Gasteiger partial charge in [-0.3, -0.25) is 4.98 Å². The molecular formula is C10H12N3+. The predicted octanol–water partition coefficient (Wildman–Crippen LogP) is 0.769. The van der Waals surface area contributed by atoms with Crippen molar-refractivity contribution < 1.29 is 4.68 Å². The van der Waals surface area contributed by atoms with Crippen molar-refractivity contribution in [2.45, 2.75) is 0 Å². The van der Waals surface area contributed by atoms with Gasteiger partial charge in [-0.1, -0.05) is 16.8 Å². The summed E-state index contributed by atoms with van der Waals surface area (Å²) in [6.45, 7) is 0. The SMILES string of the molecule is N[n+]1ccccc1.c1ccncc1. The summed E-state index contributed by atoms with van der Waals surface area (Å²) < 4.78 is 1.50. The fourth-order valence-corrected chi connectivity index (χ4v) is 0.725. The molecule has 0 amide bonds. The van der Waals surface area contributed by atoms with Crippen LogP contribution in [-0.4, -0.2) is 4.98 Å². The van der Waals surface area contributed by atoms with Crippen LogP contribution >= 0.6 is 0 Å². The Morgan fingerprint density at radius 3 is 1.54 bits per heavy atom. The van der Waals surface area contributed by atoms with E-state index in [1.54, 1.807) is 24.8 Å². The highest BCUT2D eigenvalue weighted by Crippen LogP contribution is 1.73. The van der Waals surface area contributed by atoms with Crippen molar-refractivity contribution >= 4 is 0 Å². The van der Waals surface area contributed by atoms with E-state index in [9.17, 15) is 0 Å². The highest BCUT2D eigenvalue weighted by molar-refractivity contribution is 4.88. The first-order chi connectivity index (χ1) is 6.39. The number of aromatic nitrogens is 2. The zero-order chi connectivity index (χ0) is 9.36. The number of pyridine rings is 2. The summed E-state index contributed by atoms with van der Waals surface area (Å²) in [5, 5.41) is 0. The van der Waals surface area contributed by atoms with Crippen molar-refractivity contribution in [2.75, 3.05) is 5.84 Å². The summed E-state index contributed by atoms with van der Waals surface area (Å²) in [5.74, 6) is 5.27. The first kappa shape index (κ1) is 9.19. The van der Waals surface area contributed by atoms with Gasteiger partial charge in [0.1, 0.15) is 0 Å². The van der Waals surface area contributed by atoms with Crippen LogP contribution in [0.3, 0.4) is 0 Å². The number of hydrogen-bond donors (Lipinski definition) is 1. The summed E-state index contributed by atoms with van der Waals surface area (Å²) >= 11 is 0. The molecule has 0 bridgehead atoms. The minimum atomic E-state index is 1.50. The van der Waals surface area contributed by atoms with Crippen molar-refractivity contribution in [1.29, 1.82) is 0 Å². The Hall–Kier alpha value is -1.90. The van der Waals surface area contributed by atoms with Crippen LogP contribution in [0.25, 0.3) is 0 Å². The third kappa shape index (κ3) is 4.53. The van der Waals surface area contributed by atoms with Crippen LogP contribution in [0.1, 0.15) is 0 Å². The first-order valence-corrected chi connectivity index (χ1v) is 3.96. The molecule has 0 aliphatic carbocycles. The number of nitrogen functional groups attached to an aromatic ring is 1. The molecule has 0 aliphatic rings. The first-order valence-electron chi connectivity index (χ1n) is 3.96. The quantitative estimate of drug-likeness (QED) is 0.473. The van der Waals surface area contributed by atoms with Crippen molar-refractivity contribution in [1.82, 2.24) is 4.98 Å². The third-order valence-electron chi connectivity index (χ3n) is 1.31. The fraction of sp³-hybridized carbons (Fsp3) is 0. The lowest BCUT2D eigenvalue weighted by molar-refractivity contribution is -0.638. The Labute approximate surface area is 77.5 Å². The molecule has 3 heteroatoms. The number of rotatable bonds is 0. The summed E-state index contributed by atoms with van der Waals surface area (Å²) in [6.07, 6.45) is 7.06.